The molecule has 18 heavy (non-hydrogen) atoms. The van der Waals surface area contributed by atoms with Crippen molar-refractivity contribution < 1.29 is 0 Å². The van der Waals surface area contributed by atoms with Gasteiger partial charge in [0.2, 0.25) is 0 Å². The molecule has 0 bridgehead atoms. The molecule has 0 aliphatic heterocycles. The van der Waals surface area contributed by atoms with Gasteiger partial charge in [0.1, 0.15) is 0 Å². The number of thiol groups is 4. The molecule has 0 radical (unpaired) electrons. The smallest absolute Gasteiger partial charge is 0.0000772 e. The molecule has 0 aromatic heterocycles. The number of hydrogen-bond acceptors (Lipinski definition) is 0. The minimum absolute atomic E-state index is 0.0123. The maximum atomic E-state index is 2.56. The molecule has 110 valence electrons. The molecule has 0 heterocycles. The Morgan fingerprint density at radius 3 is 0.722 bits per heavy atom. The van der Waals surface area contributed by atoms with Gasteiger partial charge in [-0.25, -0.2) is 43.6 Å². The van der Waals surface area contributed by atoms with Crippen LogP contribution in [0.4, 0.5) is 0 Å². The summed E-state index contributed by atoms with van der Waals surface area (Å²) in [6.45, 7) is 0. The van der Waals surface area contributed by atoms with Crippen LogP contribution in [-0.2, 0) is 0 Å². The molecule has 0 aliphatic rings. The summed E-state index contributed by atoms with van der Waals surface area (Å²) in [4.78, 5) is 6.64. The molecule has 0 spiro atoms. The molecule has 0 amide bonds. The first-order chi connectivity index (χ1) is 8.25. The number of rotatable bonds is 4. The van der Waals surface area contributed by atoms with Gasteiger partial charge in [-0.2, -0.15) is 0 Å². The van der Waals surface area contributed by atoms with Gasteiger partial charge < -0.3 is 0 Å². The monoisotopic (exact) mass is 326 g/mol. The van der Waals surface area contributed by atoms with E-state index >= 15 is 0 Å². The Labute approximate surface area is 125 Å². The summed E-state index contributed by atoms with van der Waals surface area (Å²) in [5.74, 6) is 0. The Bertz CT molecular complexity index is 334. The zero-order valence-electron chi connectivity index (χ0n) is 12.9. The molecule has 1 aromatic rings. The highest BCUT2D eigenvalue weighted by Crippen LogP contribution is 2.50. The fourth-order valence-corrected chi connectivity index (χ4v) is 8.23. The van der Waals surface area contributed by atoms with Crippen LogP contribution in [0.3, 0.4) is 0 Å². The van der Waals surface area contributed by atoms with Crippen molar-refractivity contribution in [3.8, 4) is 0 Å². The third-order valence-corrected chi connectivity index (χ3v) is 8.69. The Kier molecular flexibility index (Phi) is 6.36. The standard InChI is InChI=1S/C14H30S4/c1-15(2)11-9-13(17(5)6)14(18(7)8)10-12(11)16(3)4/h9-10,15-18H,1-8H3. The fourth-order valence-electron chi connectivity index (χ4n) is 1.99. The highest BCUT2D eigenvalue weighted by molar-refractivity contribution is 8.19. The second kappa shape index (κ2) is 6.87. The van der Waals surface area contributed by atoms with Crippen LogP contribution in [0.1, 0.15) is 0 Å². The first kappa shape index (κ1) is 16.7. The summed E-state index contributed by atoms with van der Waals surface area (Å²) < 4.78 is 0. The van der Waals surface area contributed by atoms with Gasteiger partial charge in [-0.15, -0.1) is 0 Å². The van der Waals surface area contributed by atoms with Gasteiger partial charge in [0.15, 0.2) is 0 Å². The van der Waals surface area contributed by atoms with Crippen LogP contribution in [0.25, 0.3) is 0 Å². The van der Waals surface area contributed by atoms with Crippen molar-refractivity contribution in [2.24, 2.45) is 0 Å². The van der Waals surface area contributed by atoms with Crippen LogP contribution in [0.15, 0.2) is 31.7 Å². The fraction of sp³-hybridized carbons (Fsp3) is 0.571. The Morgan fingerprint density at radius 2 is 0.611 bits per heavy atom. The zero-order valence-corrected chi connectivity index (χ0v) is 16.5. The van der Waals surface area contributed by atoms with Gasteiger partial charge in [-0.05, 0) is 62.2 Å². The molecule has 0 aliphatic carbocycles. The number of benzene rings is 1. The van der Waals surface area contributed by atoms with E-state index in [4.69, 9.17) is 0 Å². The Balaban J connectivity index is 3.50. The number of hydrogen-bond donors (Lipinski definition) is 4. The van der Waals surface area contributed by atoms with E-state index in [0.29, 0.717) is 0 Å². The molecule has 0 N–H and O–H groups in total. The van der Waals surface area contributed by atoms with Crippen molar-refractivity contribution in [3.05, 3.63) is 12.1 Å². The molecule has 4 heteroatoms. The van der Waals surface area contributed by atoms with Crippen LogP contribution in [0.2, 0.25) is 0 Å². The SMILES string of the molecule is C[SH](C)c1cc([SH](C)C)c([SH](C)C)cc1[SH](C)C. The lowest BCUT2D eigenvalue weighted by Gasteiger charge is -2.28. The molecule has 0 saturated carbocycles. The van der Waals surface area contributed by atoms with Crippen LogP contribution in [-0.4, -0.2) is 50.0 Å². The van der Waals surface area contributed by atoms with Crippen LogP contribution in [0.5, 0.6) is 0 Å². The lowest BCUT2D eigenvalue weighted by Crippen LogP contribution is -1.95. The molecule has 0 atom stereocenters. The van der Waals surface area contributed by atoms with Crippen molar-refractivity contribution in [2.45, 2.75) is 19.6 Å². The largest absolute Gasteiger partial charge is 0.232 e. The van der Waals surface area contributed by atoms with E-state index < -0.39 is 0 Å². The second-order valence-corrected chi connectivity index (χ2v) is 14.5. The maximum Gasteiger partial charge on any atom is 0.0000772 e. The van der Waals surface area contributed by atoms with Crippen LogP contribution >= 0.6 is 43.6 Å². The van der Waals surface area contributed by atoms with Crippen molar-refractivity contribution in [3.63, 3.8) is 0 Å². The zero-order chi connectivity index (χ0) is 14.0. The predicted octanol–water partition coefficient (Wildman–Crippen LogP) is 4.17. The van der Waals surface area contributed by atoms with E-state index in [0.717, 1.165) is 0 Å². The highest BCUT2D eigenvalue weighted by atomic mass is 32.2. The van der Waals surface area contributed by atoms with Gasteiger partial charge in [0.05, 0.1) is 0 Å². The topological polar surface area (TPSA) is 0 Å². The maximum absolute atomic E-state index is 2.56. The Morgan fingerprint density at radius 1 is 0.444 bits per heavy atom. The van der Waals surface area contributed by atoms with E-state index in [1.165, 1.54) is 0 Å². The molecule has 1 rings (SSSR count). The Hall–Kier alpha value is 0.620. The van der Waals surface area contributed by atoms with Gasteiger partial charge in [-0.1, -0.05) is 0 Å². The highest BCUT2D eigenvalue weighted by Gasteiger charge is 2.14. The normalized spacial score (nSPS) is 14.2. The molecular formula is C14H30S4. The quantitative estimate of drug-likeness (QED) is 0.587. The lowest BCUT2D eigenvalue weighted by molar-refractivity contribution is 1.08. The van der Waals surface area contributed by atoms with Crippen LogP contribution in [0, 0.1) is 0 Å². The van der Waals surface area contributed by atoms with E-state index in [9.17, 15) is 0 Å². The van der Waals surface area contributed by atoms with Crippen molar-refractivity contribution in [1.82, 2.24) is 0 Å². The molecule has 0 fully saturated rings. The third-order valence-electron chi connectivity index (χ3n) is 3.00. The minimum Gasteiger partial charge on any atom is -0.232 e. The van der Waals surface area contributed by atoms with Crippen molar-refractivity contribution in [2.75, 3.05) is 50.0 Å². The summed E-state index contributed by atoms with van der Waals surface area (Å²) in [7, 11) is 0.0493. The first-order valence-corrected chi connectivity index (χ1v) is 15.1. The van der Waals surface area contributed by atoms with Gasteiger partial charge >= 0.3 is 0 Å². The van der Waals surface area contributed by atoms with Crippen molar-refractivity contribution >= 4 is 43.6 Å². The summed E-state index contributed by atoms with van der Waals surface area (Å²) in [6.07, 6.45) is 19.1. The molecular weight excluding hydrogens is 296 g/mol. The molecule has 0 saturated heterocycles. The summed E-state index contributed by atoms with van der Waals surface area (Å²) in [5, 5.41) is 0. The van der Waals surface area contributed by atoms with Crippen LogP contribution < -0.4 is 0 Å². The van der Waals surface area contributed by atoms with Gasteiger partial charge in [0.25, 0.3) is 0 Å². The van der Waals surface area contributed by atoms with E-state index in [1.807, 2.05) is 0 Å². The predicted molar refractivity (Wildman–Crippen MR) is 103 cm³/mol. The average Bonchev–Trinajstić information content (AvgIpc) is 2.26. The second-order valence-electron chi connectivity index (χ2n) is 5.41. The van der Waals surface area contributed by atoms with Crippen molar-refractivity contribution in [1.29, 1.82) is 0 Å². The van der Waals surface area contributed by atoms with Gasteiger partial charge in [-0.3, -0.25) is 0 Å². The third kappa shape index (κ3) is 3.81. The molecule has 1 aromatic carbocycles. The van der Waals surface area contributed by atoms with E-state index in [-0.39, 0.29) is 43.6 Å². The van der Waals surface area contributed by atoms with E-state index in [1.54, 1.807) is 19.6 Å². The first-order valence-electron chi connectivity index (χ1n) is 6.13. The summed E-state index contributed by atoms with van der Waals surface area (Å²) >= 11 is 0. The van der Waals surface area contributed by atoms with Gasteiger partial charge in [0, 0.05) is 19.6 Å². The summed E-state index contributed by atoms with van der Waals surface area (Å²) in [5.41, 5.74) is 0. The van der Waals surface area contributed by atoms with E-state index in [2.05, 4.69) is 62.2 Å². The lowest BCUT2D eigenvalue weighted by atomic mass is 10.3. The summed E-state index contributed by atoms with van der Waals surface area (Å²) in [6, 6.07) is 5.12. The minimum atomic E-state index is 0.0123. The molecule has 0 nitrogen and oxygen atoms in total. The average molecular weight is 327 g/mol. The molecule has 0 unspecified atom stereocenters.